The molecule has 0 aliphatic carbocycles. The van der Waals surface area contributed by atoms with E-state index in [1.807, 2.05) is 0 Å². The number of nitrogens with one attached hydrogen (secondary N) is 1. The summed E-state index contributed by atoms with van der Waals surface area (Å²) >= 11 is 0. The van der Waals surface area contributed by atoms with Crippen molar-refractivity contribution in [1.82, 2.24) is 0 Å². The number of benzene rings is 1. The number of primary amides is 1. The van der Waals surface area contributed by atoms with Crippen LogP contribution in [0.25, 0.3) is 0 Å². The van der Waals surface area contributed by atoms with Gasteiger partial charge in [-0.2, -0.15) is 8.78 Å². The Morgan fingerprint density at radius 1 is 1.28 bits per heavy atom. The molecule has 0 bridgehead atoms. The van der Waals surface area contributed by atoms with Crippen molar-refractivity contribution < 1.29 is 27.2 Å². The third-order valence-electron chi connectivity index (χ3n) is 1.98. The summed E-state index contributed by atoms with van der Waals surface area (Å²) in [7, 11) is 0. The molecular weight excluding hydrogens is 256 g/mol. The fraction of sp³-hybridized carbons (Fsp3) is 0.200. The summed E-state index contributed by atoms with van der Waals surface area (Å²) in [5.74, 6) is -7.80. The Hall–Kier alpha value is -2.12. The molecule has 0 aliphatic heterocycles. The average molecular weight is 264 g/mol. The summed E-state index contributed by atoms with van der Waals surface area (Å²) < 4.78 is 49.0. The summed E-state index contributed by atoms with van der Waals surface area (Å²) in [5, 5.41) is 1.58. The Bertz CT molecular complexity index is 477. The van der Waals surface area contributed by atoms with Gasteiger partial charge in [0.05, 0.1) is 0 Å². The van der Waals surface area contributed by atoms with Gasteiger partial charge < -0.3 is 11.1 Å². The van der Waals surface area contributed by atoms with Gasteiger partial charge >= 0.3 is 18.3 Å². The molecule has 98 valence electrons. The van der Waals surface area contributed by atoms with E-state index < -0.39 is 24.2 Å². The van der Waals surface area contributed by atoms with Crippen LogP contribution in [0, 0.1) is 0 Å². The largest absolute Gasteiger partial charge is 0.383 e. The second kappa shape index (κ2) is 5.03. The number of halogens is 4. The molecule has 3 N–H and O–H groups in total. The second-order valence-corrected chi connectivity index (χ2v) is 3.32. The first-order valence-corrected chi connectivity index (χ1v) is 4.62. The Morgan fingerprint density at radius 3 is 2.39 bits per heavy atom. The Kier molecular flexibility index (Phi) is 3.89. The van der Waals surface area contributed by atoms with Crippen molar-refractivity contribution >= 4 is 17.5 Å². The number of carbonyl (C=O) groups is 2. The smallest absolute Gasteiger partial charge is 0.366 e. The minimum Gasteiger partial charge on any atom is -0.366 e. The van der Waals surface area contributed by atoms with Gasteiger partial charge in [-0.05, 0) is 18.2 Å². The summed E-state index contributed by atoms with van der Waals surface area (Å²) in [5.41, 5.74) is 4.65. The van der Waals surface area contributed by atoms with Crippen LogP contribution >= 0.6 is 0 Å². The molecule has 0 atom stereocenters. The highest BCUT2D eigenvalue weighted by molar-refractivity contribution is 5.98. The molecule has 0 heterocycles. The highest BCUT2D eigenvalue weighted by Gasteiger charge is 2.48. The highest BCUT2D eigenvalue weighted by Crippen LogP contribution is 2.24. The number of hydrogen-bond donors (Lipinski definition) is 2. The van der Waals surface area contributed by atoms with Gasteiger partial charge in [0, 0.05) is 11.3 Å². The van der Waals surface area contributed by atoms with Crippen LogP contribution in [0.5, 0.6) is 0 Å². The van der Waals surface area contributed by atoms with E-state index in [1.165, 1.54) is 12.1 Å². The van der Waals surface area contributed by atoms with E-state index in [0.717, 1.165) is 12.1 Å². The SMILES string of the molecule is NC(=O)c1cccc(NC(=O)C(F)(F)C(F)F)c1. The van der Waals surface area contributed by atoms with Gasteiger partial charge in [-0.15, -0.1) is 0 Å². The first kappa shape index (κ1) is 13.9. The Balaban J connectivity index is 2.89. The minimum atomic E-state index is -4.80. The third-order valence-corrected chi connectivity index (χ3v) is 1.98. The van der Waals surface area contributed by atoms with Crippen LogP contribution in [0.15, 0.2) is 24.3 Å². The van der Waals surface area contributed by atoms with Crippen molar-refractivity contribution in [1.29, 1.82) is 0 Å². The molecule has 8 heteroatoms. The van der Waals surface area contributed by atoms with Crippen molar-refractivity contribution in [2.75, 3.05) is 5.32 Å². The molecule has 1 aromatic rings. The average Bonchev–Trinajstić information content (AvgIpc) is 2.28. The number of nitrogens with two attached hydrogens (primary N) is 1. The van der Waals surface area contributed by atoms with Crippen molar-refractivity contribution in [2.24, 2.45) is 5.73 Å². The van der Waals surface area contributed by atoms with E-state index in [0.29, 0.717) is 0 Å². The van der Waals surface area contributed by atoms with Gasteiger partial charge in [0.15, 0.2) is 0 Å². The quantitative estimate of drug-likeness (QED) is 0.811. The monoisotopic (exact) mass is 264 g/mol. The Labute approximate surface area is 98.8 Å². The zero-order chi connectivity index (χ0) is 13.9. The van der Waals surface area contributed by atoms with Crippen LogP contribution in [0.3, 0.4) is 0 Å². The number of anilines is 1. The number of amides is 2. The van der Waals surface area contributed by atoms with E-state index in [2.05, 4.69) is 0 Å². The molecular formula is C10H8F4N2O2. The Morgan fingerprint density at radius 2 is 1.89 bits per heavy atom. The molecule has 0 spiro atoms. The molecule has 0 unspecified atom stereocenters. The van der Waals surface area contributed by atoms with Crippen molar-refractivity contribution in [3.05, 3.63) is 29.8 Å². The van der Waals surface area contributed by atoms with Crippen LogP contribution in [-0.2, 0) is 4.79 Å². The zero-order valence-corrected chi connectivity index (χ0v) is 8.79. The topological polar surface area (TPSA) is 72.2 Å². The van der Waals surface area contributed by atoms with Gasteiger partial charge in [-0.25, -0.2) is 8.78 Å². The summed E-state index contributed by atoms with van der Waals surface area (Å²) in [4.78, 5) is 21.7. The number of alkyl halides is 4. The summed E-state index contributed by atoms with van der Waals surface area (Å²) in [6.45, 7) is 0. The van der Waals surface area contributed by atoms with Crippen molar-refractivity contribution in [2.45, 2.75) is 12.3 Å². The molecule has 1 aromatic carbocycles. The normalized spacial score (nSPS) is 11.4. The summed E-state index contributed by atoms with van der Waals surface area (Å²) in [6, 6.07) is 4.70. The standard InChI is InChI=1S/C10H8F4N2O2/c11-8(12)10(13,14)9(18)16-6-3-1-2-5(4-6)7(15)17/h1-4,8H,(H2,15,17)(H,16,18). The molecule has 0 fully saturated rings. The second-order valence-electron chi connectivity index (χ2n) is 3.32. The lowest BCUT2D eigenvalue weighted by molar-refractivity contribution is -0.163. The number of hydrogen-bond acceptors (Lipinski definition) is 2. The third kappa shape index (κ3) is 2.96. The minimum absolute atomic E-state index is 0.0480. The van der Waals surface area contributed by atoms with E-state index in [9.17, 15) is 27.2 Å². The van der Waals surface area contributed by atoms with Crippen molar-refractivity contribution in [3.63, 3.8) is 0 Å². The fourth-order valence-corrected chi connectivity index (χ4v) is 1.06. The van der Waals surface area contributed by atoms with Crippen LogP contribution in [0.2, 0.25) is 0 Å². The van der Waals surface area contributed by atoms with Gasteiger partial charge in [0.25, 0.3) is 0 Å². The molecule has 4 nitrogen and oxygen atoms in total. The molecule has 0 aliphatic rings. The van der Waals surface area contributed by atoms with Gasteiger partial charge in [-0.1, -0.05) is 6.07 Å². The van der Waals surface area contributed by atoms with E-state index in [-0.39, 0.29) is 11.3 Å². The fourth-order valence-electron chi connectivity index (χ4n) is 1.06. The number of rotatable bonds is 4. The molecule has 0 saturated carbocycles. The maximum absolute atomic E-state index is 12.6. The molecule has 0 saturated heterocycles. The van der Waals surface area contributed by atoms with Crippen LogP contribution in [-0.4, -0.2) is 24.2 Å². The van der Waals surface area contributed by atoms with Crippen molar-refractivity contribution in [3.8, 4) is 0 Å². The maximum Gasteiger partial charge on any atom is 0.383 e. The van der Waals surface area contributed by atoms with Gasteiger partial charge in [-0.3, -0.25) is 9.59 Å². The molecule has 1 rings (SSSR count). The first-order chi connectivity index (χ1) is 8.25. The van der Waals surface area contributed by atoms with Crippen LogP contribution in [0.1, 0.15) is 10.4 Å². The molecule has 2 amide bonds. The van der Waals surface area contributed by atoms with E-state index >= 15 is 0 Å². The lowest BCUT2D eigenvalue weighted by atomic mass is 10.2. The first-order valence-electron chi connectivity index (χ1n) is 4.62. The lowest BCUT2D eigenvalue weighted by Gasteiger charge is -2.14. The molecule has 18 heavy (non-hydrogen) atoms. The van der Waals surface area contributed by atoms with Crippen LogP contribution in [0.4, 0.5) is 23.2 Å². The summed E-state index contributed by atoms with van der Waals surface area (Å²) in [6.07, 6.45) is -4.11. The lowest BCUT2D eigenvalue weighted by Crippen LogP contribution is -2.41. The maximum atomic E-state index is 12.6. The van der Waals surface area contributed by atoms with E-state index in [1.54, 1.807) is 5.32 Å². The number of carbonyl (C=O) groups excluding carboxylic acids is 2. The zero-order valence-electron chi connectivity index (χ0n) is 8.79. The van der Waals surface area contributed by atoms with E-state index in [4.69, 9.17) is 5.73 Å². The molecule has 0 aromatic heterocycles. The highest BCUT2D eigenvalue weighted by atomic mass is 19.3. The van der Waals surface area contributed by atoms with Crippen LogP contribution < -0.4 is 11.1 Å². The predicted octanol–water partition coefficient (Wildman–Crippen LogP) is 1.62. The van der Waals surface area contributed by atoms with Gasteiger partial charge in [0.2, 0.25) is 5.91 Å². The predicted molar refractivity (Wildman–Crippen MR) is 54.5 cm³/mol. The molecule has 0 radical (unpaired) electrons. The van der Waals surface area contributed by atoms with Gasteiger partial charge in [0.1, 0.15) is 0 Å².